The summed E-state index contributed by atoms with van der Waals surface area (Å²) in [5.74, 6) is 0. The topological polar surface area (TPSA) is 65.1 Å². The highest BCUT2D eigenvalue weighted by atomic mass is 32.1. The first-order valence-electron chi connectivity index (χ1n) is 9.60. The summed E-state index contributed by atoms with van der Waals surface area (Å²) in [6.45, 7) is 11.2. The van der Waals surface area contributed by atoms with Crippen LogP contribution < -0.4 is 5.32 Å². The van der Waals surface area contributed by atoms with Gasteiger partial charge in [-0.25, -0.2) is 9.59 Å². The van der Waals surface area contributed by atoms with Crippen molar-refractivity contribution >= 4 is 23.5 Å². The van der Waals surface area contributed by atoms with Gasteiger partial charge in [0, 0.05) is 57.2 Å². The van der Waals surface area contributed by atoms with Gasteiger partial charge in [0.25, 0.3) is 0 Å². The zero-order chi connectivity index (χ0) is 19.4. The van der Waals surface area contributed by atoms with Gasteiger partial charge in [0.15, 0.2) is 0 Å². The Labute approximate surface area is 165 Å². The van der Waals surface area contributed by atoms with Crippen LogP contribution in [0.3, 0.4) is 0 Å². The highest BCUT2D eigenvalue weighted by Crippen LogP contribution is 2.23. The van der Waals surface area contributed by atoms with Crippen molar-refractivity contribution in [3.8, 4) is 0 Å². The average molecular weight is 395 g/mol. The second kappa shape index (κ2) is 8.48. The Bertz CT molecular complexity index is 662. The second-order valence-electron chi connectivity index (χ2n) is 8.08. The van der Waals surface area contributed by atoms with Crippen LogP contribution in [0.5, 0.6) is 0 Å². The maximum absolute atomic E-state index is 12.4. The van der Waals surface area contributed by atoms with Crippen LogP contribution in [-0.2, 0) is 17.7 Å². The quantitative estimate of drug-likeness (QED) is 0.855. The minimum absolute atomic E-state index is 0.0490. The number of piperazine rings is 1. The van der Waals surface area contributed by atoms with Crippen LogP contribution in [0, 0.1) is 0 Å². The number of hydrogen-bond acceptors (Lipinski definition) is 5. The summed E-state index contributed by atoms with van der Waals surface area (Å²) in [6.07, 6.45) is 0.800. The summed E-state index contributed by atoms with van der Waals surface area (Å²) < 4.78 is 5.39. The largest absolute Gasteiger partial charge is 0.444 e. The number of thiophene rings is 1. The maximum atomic E-state index is 12.4. The number of rotatable bonds is 3. The molecule has 0 bridgehead atoms. The molecule has 1 aromatic heterocycles. The van der Waals surface area contributed by atoms with Crippen LogP contribution in [0.4, 0.5) is 9.59 Å². The number of nitrogens with one attached hydrogen (secondary N) is 1. The maximum Gasteiger partial charge on any atom is 0.410 e. The second-order valence-corrected chi connectivity index (χ2v) is 9.08. The Morgan fingerprint density at radius 1 is 1.15 bits per heavy atom. The van der Waals surface area contributed by atoms with Crippen molar-refractivity contribution in [2.45, 2.75) is 39.3 Å². The number of carbonyl (C=O) groups excluding carboxylic acids is 2. The molecule has 8 heteroatoms. The molecule has 1 saturated heterocycles. The van der Waals surface area contributed by atoms with E-state index in [4.69, 9.17) is 4.74 Å². The van der Waals surface area contributed by atoms with Crippen molar-refractivity contribution in [1.82, 2.24) is 20.0 Å². The molecule has 0 spiro atoms. The minimum Gasteiger partial charge on any atom is -0.444 e. The van der Waals surface area contributed by atoms with Crippen molar-refractivity contribution in [2.24, 2.45) is 0 Å². The molecule has 1 N–H and O–H groups in total. The molecule has 3 heterocycles. The molecule has 0 saturated carbocycles. The van der Waals surface area contributed by atoms with Gasteiger partial charge in [-0.15, -0.1) is 11.3 Å². The normalized spacial score (nSPS) is 18.2. The lowest BCUT2D eigenvalue weighted by Crippen LogP contribution is -2.54. The fraction of sp³-hybridized carbons (Fsp3) is 0.684. The molecule has 1 fully saturated rings. The average Bonchev–Trinajstić information content (AvgIpc) is 3.08. The molecule has 7 nitrogen and oxygen atoms in total. The molecule has 1 aromatic rings. The molecule has 0 radical (unpaired) electrons. The van der Waals surface area contributed by atoms with Gasteiger partial charge in [-0.05, 0) is 44.2 Å². The fourth-order valence-electron chi connectivity index (χ4n) is 3.35. The first-order valence-corrected chi connectivity index (χ1v) is 10.5. The van der Waals surface area contributed by atoms with Gasteiger partial charge in [-0.3, -0.25) is 4.90 Å². The van der Waals surface area contributed by atoms with Crippen molar-refractivity contribution in [1.29, 1.82) is 0 Å². The number of urea groups is 1. The predicted molar refractivity (Wildman–Crippen MR) is 106 cm³/mol. The summed E-state index contributed by atoms with van der Waals surface area (Å²) in [7, 11) is 0. The molecule has 2 aliphatic rings. The van der Waals surface area contributed by atoms with Gasteiger partial charge < -0.3 is 19.9 Å². The molecule has 0 aromatic carbocycles. The summed E-state index contributed by atoms with van der Waals surface area (Å²) >= 11 is 1.84. The minimum atomic E-state index is -0.496. The van der Waals surface area contributed by atoms with Crippen LogP contribution in [0.2, 0.25) is 0 Å². The smallest absolute Gasteiger partial charge is 0.410 e. The van der Waals surface area contributed by atoms with Gasteiger partial charge in [-0.2, -0.15) is 0 Å². The Hall–Kier alpha value is -1.80. The summed E-state index contributed by atoms with van der Waals surface area (Å²) in [5.41, 5.74) is 0.931. The number of hydrogen-bond donors (Lipinski definition) is 1. The predicted octanol–water partition coefficient (Wildman–Crippen LogP) is 2.37. The molecule has 150 valence electrons. The van der Waals surface area contributed by atoms with Crippen molar-refractivity contribution in [3.05, 3.63) is 21.9 Å². The van der Waals surface area contributed by atoms with E-state index in [9.17, 15) is 9.59 Å². The van der Waals surface area contributed by atoms with Crippen LogP contribution >= 0.6 is 11.3 Å². The Morgan fingerprint density at radius 2 is 1.85 bits per heavy atom. The third-order valence-electron chi connectivity index (χ3n) is 4.81. The highest BCUT2D eigenvalue weighted by Gasteiger charge is 2.27. The number of amides is 3. The van der Waals surface area contributed by atoms with E-state index < -0.39 is 5.60 Å². The molecule has 0 aliphatic carbocycles. The number of fused-ring (bicyclic) bond motifs is 1. The van der Waals surface area contributed by atoms with Crippen molar-refractivity contribution < 1.29 is 14.3 Å². The summed E-state index contributed by atoms with van der Waals surface area (Å²) in [4.78, 5) is 31.8. The van der Waals surface area contributed by atoms with E-state index >= 15 is 0 Å². The number of ether oxygens (including phenoxy) is 1. The summed E-state index contributed by atoms with van der Waals surface area (Å²) in [6, 6.07) is 2.15. The number of carbonyl (C=O) groups is 2. The van der Waals surface area contributed by atoms with E-state index in [2.05, 4.69) is 21.7 Å². The Kier molecular flexibility index (Phi) is 6.26. The molecule has 0 atom stereocenters. The summed E-state index contributed by atoms with van der Waals surface area (Å²) in [5, 5.41) is 5.17. The van der Waals surface area contributed by atoms with E-state index in [0.717, 1.165) is 26.1 Å². The third kappa shape index (κ3) is 5.59. The third-order valence-corrected chi connectivity index (χ3v) is 5.83. The lowest BCUT2D eigenvalue weighted by atomic mass is 10.1. The molecular formula is C19H30N4O3S. The Balaban J connectivity index is 1.35. The molecule has 0 unspecified atom stereocenters. The van der Waals surface area contributed by atoms with Crippen molar-refractivity contribution in [2.75, 3.05) is 45.8 Å². The fourth-order valence-corrected chi connectivity index (χ4v) is 4.24. The molecule has 3 rings (SSSR count). The molecule has 3 amide bonds. The zero-order valence-corrected chi connectivity index (χ0v) is 17.3. The van der Waals surface area contributed by atoms with Crippen LogP contribution in [0.15, 0.2) is 11.4 Å². The lowest BCUT2D eigenvalue weighted by molar-refractivity contribution is 0.0170. The van der Waals surface area contributed by atoms with E-state index in [1.807, 2.05) is 32.1 Å². The van der Waals surface area contributed by atoms with Gasteiger partial charge in [-0.1, -0.05) is 0 Å². The van der Waals surface area contributed by atoms with Crippen LogP contribution in [0.25, 0.3) is 0 Å². The molecule has 27 heavy (non-hydrogen) atoms. The van der Waals surface area contributed by atoms with Gasteiger partial charge >= 0.3 is 12.1 Å². The van der Waals surface area contributed by atoms with Gasteiger partial charge in [0.05, 0.1) is 0 Å². The van der Waals surface area contributed by atoms with E-state index in [-0.39, 0.29) is 12.1 Å². The van der Waals surface area contributed by atoms with Gasteiger partial charge in [0.2, 0.25) is 0 Å². The van der Waals surface area contributed by atoms with Crippen LogP contribution in [-0.4, -0.2) is 78.2 Å². The van der Waals surface area contributed by atoms with Crippen LogP contribution in [0.1, 0.15) is 31.2 Å². The highest BCUT2D eigenvalue weighted by molar-refractivity contribution is 7.10. The first-order chi connectivity index (χ1) is 12.8. The standard InChI is InChI=1S/C19H30N4O3S/c1-19(2,3)26-18(25)23-11-9-22(10-12-23)17(24)20-6-8-21-7-4-16-15(14-21)5-13-27-16/h5,13H,4,6-12,14H2,1-3H3,(H,20,24). The van der Waals surface area contributed by atoms with Gasteiger partial charge in [0.1, 0.15) is 5.60 Å². The van der Waals surface area contributed by atoms with E-state index in [1.165, 1.54) is 10.4 Å². The zero-order valence-electron chi connectivity index (χ0n) is 16.5. The van der Waals surface area contributed by atoms with Crippen molar-refractivity contribution in [3.63, 3.8) is 0 Å². The van der Waals surface area contributed by atoms with E-state index in [1.54, 1.807) is 9.80 Å². The first kappa shape index (κ1) is 19.9. The molecular weight excluding hydrogens is 364 g/mol. The van der Waals surface area contributed by atoms with E-state index in [0.29, 0.717) is 32.7 Å². The number of nitrogens with zero attached hydrogens (tertiary/aromatic N) is 3. The molecule has 2 aliphatic heterocycles. The lowest BCUT2D eigenvalue weighted by Gasteiger charge is -2.35. The monoisotopic (exact) mass is 394 g/mol. The SMILES string of the molecule is CC(C)(C)OC(=O)N1CCN(C(=O)NCCN2CCc3sccc3C2)CC1. The Morgan fingerprint density at radius 3 is 2.56 bits per heavy atom.